The molecular weight excluding hydrogens is 316 g/mol. The molecule has 2 aliphatic heterocycles. The van der Waals surface area contributed by atoms with Crippen molar-refractivity contribution in [2.45, 2.75) is 44.8 Å². The van der Waals surface area contributed by atoms with Crippen LogP contribution in [0.1, 0.15) is 31.4 Å². The van der Waals surface area contributed by atoms with E-state index in [1.807, 2.05) is 19.1 Å². The lowest BCUT2D eigenvalue weighted by molar-refractivity contribution is 0.108. The van der Waals surface area contributed by atoms with Crippen LogP contribution in [0.3, 0.4) is 0 Å². The Morgan fingerprint density at radius 1 is 1.39 bits per heavy atom. The van der Waals surface area contributed by atoms with Crippen LogP contribution in [0.2, 0.25) is 0 Å². The van der Waals surface area contributed by atoms with Crippen LogP contribution in [0.5, 0.6) is 5.75 Å². The fourth-order valence-corrected chi connectivity index (χ4v) is 4.64. The molecule has 3 rings (SSSR count). The first-order valence-electron chi connectivity index (χ1n) is 8.22. The smallest absolute Gasteiger partial charge is 0.214 e. The molecule has 0 spiro atoms. The lowest BCUT2D eigenvalue weighted by Gasteiger charge is -2.18. The van der Waals surface area contributed by atoms with Gasteiger partial charge in [0.1, 0.15) is 11.9 Å². The van der Waals surface area contributed by atoms with E-state index in [4.69, 9.17) is 9.47 Å². The van der Waals surface area contributed by atoms with Gasteiger partial charge in [0.05, 0.1) is 24.6 Å². The van der Waals surface area contributed by atoms with Gasteiger partial charge in [-0.05, 0) is 44.7 Å². The van der Waals surface area contributed by atoms with E-state index >= 15 is 0 Å². The number of aromatic nitrogens is 1. The lowest BCUT2D eigenvalue weighted by atomic mass is 10.2. The number of aryl methyl sites for hydroxylation is 1. The van der Waals surface area contributed by atoms with Gasteiger partial charge in [-0.1, -0.05) is 0 Å². The SMILES string of the molecule is Cc1ccc(O[C@@H]2CCN(S(=O)(=O)CC[C@@H]3CCCO3)C2)cn1. The second-order valence-corrected chi connectivity index (χ2v) is 8.35. The maximum absolute atomic E-state index is 12.4. The first-order valence-corrected chi connectivity index (χ1v) is 9.82. The van der Waals surface area contributed by atoms with Gasteiger partial charge in [-0.15, -0.1) is 0 Å². The quantitative estimate of drug-likeness (QED) is 0.789. The highest BCUT2D eigenvalue weighted by Crippen LogP contribution is 2.22. The van der Waals surface area contributed by atoms with Gasteiger partial charge in [0.2, 0.25) is 10.0 Å². The van der Waals surface area contributed by atoms with Crippen molar-refractivity contribution in [3.63, 3.8) is 0 Å². The molecule has 6 nitrogen and oxygen atoms in total. The second-order valence-electron chi connectivity index (χ2n) is 6.26. The highest BCUT2D eigenvalue weighted by Gasteiger charge is 2.33. The summed E-state index contributed by atoms with van der Waals surface area (Å²) in [6.07, 6.45) is 5.01. The van der Waals surface area contributed by atoms with Gasteiger partial charge in [0.25, 0.3) is 0 Å². The molecule has 0 amide bonds. The van der Waals surface area contributed by atoms with Crippen LogP contribution >= 0.6 is 0 Å². The molecule has 3 heterocycles. The predicted octanol–water partition coefficient (Wildman–Crippen LogP) is 1.74. The first kappa shape index (κ1) is 16.7. The van der Waals surface area contributed by atoms with Crippen molar-refractivity contribution in [3.8, 4) is 5.75 Å². The van der Waals surface area contributed by atoms with E-state index in [1.54, 1.807) is 10.5 Å². The molecule has 7 heteroatoms. The van der Waals surface area contributed by atoms with Gasteiger partial charge >= 0.3 is 0 Å². The molecule has 0 radical (unpaired) electrons. The summed E-state index contributed by atoms with van der Waals surface area (Å²) in [5, 5.41) is 0. The summed E-state index contributed by atoms with van der Waals surface area (Å²) in [4.78, 5) is 4.19. The van der Waals surface area contributed by atoms with Gasteiger partial charge in [0.15, 0.2) is 0 Å². The molecule has 0 unspecified atom stereocenters. The number of sulfonamides is 1. The zero-order valence-corrected chi connectivity index (χ0v) is 14.3. The third-order valence-electron chi connectivity index (χ3n) is 4.41. The monoisotopic (exact) mass is 340 g/mol. The van der Waals surface area contributed by atoms with E-state index in [9.17, 15) is 8.42 Å². The average Bonchev–Trinajstić information content (AvgIpc) is 3.19. The van der Waals surface area contributed by atoms with Crippen molar-refractivity contribution in [2.24, 2.45) is 0 Å². The van der Waals surface area contributed by atoms with E-state index in [0.717, 1.165) is 25.1 Å². The summed E-state index contributed by atoms with van der Waals surface area (Å²) in [7, 11) is -3.22. The molecule has 0 bridgehead atoms. The Bertz CT molecular complexity index is 611. The van der Waals surface area contributed by atoms with E-state index < -0.39 is 10.0 Å². The van der Waals surface area contributed by atoms with Crippen molar-refractivity contribution in [1.29, 1.82) is 0 Å². The highest BCUT2D eigenvalue weighted by atomic mass is 32.2. The maximum Gasteiger partial charge on any atom is 0.214 e. The van der Waals surface area contributed by atoms with Crippen LogP contribution in [0.15, 0.2) is 18.3 Å². The minimum Gasteiger partial charge on any atom is -0.487 e. The van der Waals surface area contributed by atoms with E-state index in [-0.39, 0.29) is 18.0 Å². The molecule has 2 fully saturated rings. The summed E-state index contributed by atoms with van der Waals surface area (Å²) in [6.45, 7) is 3.62. The standard InChI is InChI=1S/C16H24N2O4S/c1-13-4-5-15(11-17-13)22-16-6-8-18(12-16)23(19,20)10-7-14-3-2-9-21-14/h4-5,11,14,16H,2-3,6-10,12H2,1H3/t14-,16+/m0/s1. The normalized spacial score (nSPS) is 25.8. The van der Waals surface area contributed by atoms with Crippen molar-refractivity contribution in [3.05, 3.63) is 24.0 Å². The summed E-state index contributed by atoms with van der Waals surface area (Å²) >= 11 is 0. The van der Waals surface area contributed by atoms with Crippen LogP contribution in [0, 0.1) is 6.92 Å². The molecule has 0 aliphatic carbocycles. The molecule has 23 heavy (non-hydrogen) atoms. The summed E-state index contributed by atoms with van der Waals surface area (Å²) < 4.78 is 37.8. The van der Waals surface area contributed by atoms with E-state index in [2.05, 4.69) is 4.98 Å². The molecule has 128 valence electrons. The molecular formula is C16H24N2O4S. The fraction of sp³-hybridized carbons (Fsp3) is 0.688. The molecule has 1 aromatic heterocycles. The number of nitrogens with zero attached hydrogens (tertiary/aromatic N) is 2. The zero-order chi connectivity index (χ0) is 16.3. The Labute approximate surface area is 137 Å². The highest BCUT2D eigenvalue weighted by molar-refractivity contribution is 7.89. The fourth-order valence-electron chi connectivity index (χ4n) is 3.04. The molecule has 1 aromatic rings. The Morgan fingerprint density at radius 2 is 2.26 bits per heavy atom. The van der Waals surface area contributed by atoms with Crippen LogP contribution < -0.4 is 4.74 Å². The predicted molar refractivity (Wildman–Crippen MR) is 87.0 cm³/mol. The summed E-state index contributed by atoms with van der Waals surface area (Å²) in [5.74, 6) is 0.857. The van der Waals surface area contributed by atoms with Crippen molar-refractivity contribution < 1.29 is 17.9 Å². The van der Waals surface area contributed by atoms with Crippen molar-refractivity contribution >= 4 is 10.0 Å². The molecule has 0 N–H and O–H groups in total. The first-order chi connectivity index (χ1) is 11.0. The average molecular weight is 340 g/mol. The largest absolute Gasteiger partial charge is 0.487 e. The van der Waals surface area contributed by atoms with Gasteiger partial charge in [-0.25, -0.2) is 8.42 Å². The number of hydrogen-bond acceptors (Lipinski definition) is 5. The minimum atomic E-state index is -3.22. The Kier molecular flexibility index (Phi) is 5.18. The zero-order valence-electron chi connectivity index (χ0n) is 13.5. The van der Waals surface area contributed by atoms with E-state index in [0.29, 0.717) is 31.7 Å². The van der Waals surface area contributed by atoms with Crippen LogP contribution in [0.4, 0.5) is 0 Å². The van der Waals surface area contributed by atoms with Crippen molar-refractivity contribution in [2.75, 3.05) is 25.4 Å². The molecule has 0 aromatic carbocycles. The third kappa shape index (κ3) is 4.43. The Hall–Kier alpha value is -1.18. The number of rotatable bonds is 6. The van der Waals surface area contributed by atoms with Gasteiger partial charge in [0, 0.05) is 18.8 Å². The number of pyridine rings is 1. The van der Waals surface area contributed by atoms with Gasteiger partial charge in [-0.2, -0.15) is 4.31 Å². The van der Waals surface area contributed by atoms with Crippen LogP contribution in [-0.4, -0.2) is 55.4 Å². The maximum atomic E-state index is 12.4. The number of ether oxygens (including phenoxy) is 2. The van der Waals surface area contributed by atoms with Gasteiger partial charge in [-0.3, -0.25) is 4.98 Å². The third-order valence-corrected chi connectivity index (χ3v) is 6.28. The van der Waals surface area contributed by atoms with Gasteiger partial charge < -0.3 is 9.47 Å². The molecule has 2 aliphatic rings. The Balaban J connectivity index is 1.50. The topological polar surface area (TPSA) is 68.7 Å². The molecule has 2 atom stereocenters. The lowest BCUT2D eigenvalue weighted by Crippen LogP contribution is -2.33. The number of hydrogen-bond donors (Lipinski definition) is 0. The second kappa shape index (κ2) is 7.15. The van der Waals surface area contributed by atoms with Crippen LogP contribution in [0.25, 0.3) is 0 Å². The minimum absolute atomic E-state index is 0.1000. The summed E-state index contributed by atoms with van der Waals surface area (Å²) in [6, 6.07) is 3.76. The van der Waals surface area contributed by atoms with Crippen LogP contribution in [-0.2, 0) is 14.8 Å². The molecule has 2 saturated heterocycles. The van der Waals surface area contributed by atoms with Crippen molar-refractivity contribution in [1.82, 2.24) is 9.29 Å². The summed E-state index contributed by atoms with van der Waals surface area (Å²) in [5.41, 5.74) is 0.933. The Morgan fingerprint density at radius 3 is 2.96 bits per heavy atom. The molecule has 0 saturated carbocycles. The van der Waals surface area contributed by atoms with E-state index in [1.165, 1.54) is 0 Å².